The van der Waals surface area contributed by atoms with Crippen molar-refractivity contribution in [3.8, 4) is 6.07 Å². The topological polar surface area (TPSA) is 47.3 Å². The molecule has 1 aliphatic rings. The molecule has 1 heterocycles. The van der Waals surface area contributed by atoms with Crippen molar-refractivity contribution in [1.29, 1.82) is 5.26 Å². The Kier molecular flexibility index (Phi) is 3.88. The van der Waals surface area contributed by atoms with Gasteiger partial charge in [-0.25, -0.2) is 0 Å². The second-order valence-corrected chi connectivity index (χ2v) is 5.23. The van der Waals surface area contributed by atoms with E-state index in [1.165, 1.54) is 12.8 Å². The highest BCUT2D eigenvalue weighted by atomic mass is 16.3. The third kappa shape index (κ3) is 2.65. The van der Waals surface area contributed by atoms with Crippen molar-refractivity contribution in [3.63, 3.8) is 0 Å². The monoisotopic (exact) mass is 244 g/mol. The van der Waals surface area contributed by atoms with Gasteiger partial charge in [-0.3, -0.25) is 0 Å². The number of rotatable bonds is 2. The minimum absolute atomic E-state index is 0.493. The molecule has 1 saturated heterocycles. The van der Waals surface area contributed by atoms with Crippen LogP contribution in [-0.2, 0) is 0 Å². The molecule has 3 heteroatoms. The lowest BCUT2D eigenvalue weighted by molar-refractivity contribution is 0.199. The Balaban J connectivity index is 2.32. The number of hydrogen-bond acceptors (Lipinski definition) is 3. The van der Waals surface area contributed by atoms with Gasteiger partial charge < -0.3 is 10.0 Å². The van der Waals surface area contributed by atoms with Crippen LogP contribution < -0.4 is 4.90 Å². The minimum Gasteiger partial charge on any atom is -0.389 e. The standard InChI is InChI=1S/C15H20N2O/c1-11-5-7-17(8-6-11)15-9-13(10-16)3-4-14(15)12(2)18/h3-4,9,11-12,18H,5-8H2,1-2H3. The molecule has 0 amide bonds. The Bertz CT molecular complexity index is 454. The van der Waals surface area contributed by atoms with E-state index >= 15 is 0 Å². The van der Waals surface area contributed by atoms with Gasteiger partial charge in [-0.1, -0.05) is 13.0 Å². The van der Waals surface area contributed by atoms with Crippen LogP contribution in [0.15, 0.2) is 18.2 Å². The zero-order valence-electron chi connectivity index (χ0n) is 11.1. The Morgan fingerprint density at radius 3 is 2.61 bits per heavy atom. The summed E-state index contributed by atoms with van der Waals surface area (Å²) >= 11 is 0. The molecule has 2 rings (SSSR count). The van der Waals surface area contributed by atoms with Crippen LogP contribution in [0.1, 0.15) is 43.9 Å². The maximum Gasteiger partial charge on any atom is 0.0992 e. The summed E-state index contributed by atoms with van der Waals surface area (Å²) in [5.41, 5.74) is 2.60. The van der Waals surface area contributed by atoms with Gasteiger partial charge in [-0.15, -0.1) is 0 Å². The molecule has 1 fully saturated rings. The van der Waals surface area contributed by atoms with E-state index in [4.69, 9.17) is 5.26 Å². The van der Waals surface area contributed by atoms with E-state index in [1.807, 2.05) is 12.1 Å². The lowest BCUT2D eigenvalue weighted by Gasteiger charge is -2.34. The maximum atomic E-state index is 9.84. The molecule has 96 valence electrons. The molecule has 1 atom stereocenters. The normalized spacial score (nSPS) is 18.4. The second-order valence-electron chi connectivity index (χ2n) is 5.23. The molecule has 1 N–H and O–H groups in total. The van der Waals surface area contributed by atoms with Crippen LogP contribution >= 0.6 is 0 Å². The quantitative estimate of drug-likeness (QED) is 0.870. The first-order valence-electron chi connectivity index (χ1n) is 6.59. The molecule has 0 spiro atoms. The molecule has 0 radical (unpaired) electrons. The SMILES string of the molecule is CC1CCN(c2cc(C#N)ccc2C(C)O)CC1. The molecular formula is C15H20N2O. The van der Waals surface area contributed by atoms with Gasteiger partial charge in [0.15, 0.2) is 0 Å². The van der Waals surface area contributed by atoms with Crippen molar-refractivity contribution >= 4 is 5.69 Å². The number of nitriles is 1. The second kappa shape index (κ2) is 5.41. The first-order valence-corrected chi connectivity index (χ1v) is 6.59. The van der Waals surface area contributed by atoms with Gasteiger partial charge in [0.25, 0.3) is 0 Å². The lowest BCUT2D eigenvalue weighted by atomic mass is 9.97. The highest BCUT2D eigenvalue weighted by Gasteiger charge is 2.20. The molecule has 0 aromatic heterocycles. The van der Waals surface area contributed by atoms with Gasteiger partial charge in [0, 0.05) is 24.3 Å². The van der Waals surface area contributed by atoms with Crippen molar-refractivity contribution < 1.29 is 5.11 Å². The van der Waals surface area contributed by atoms with Crippen LogP contribution in [0, 0.1) is 17.2 Å². The number of aliphatic hydroxyl groups is 1. The first kappa shape index (κ1) is 12.9. The van der Waals surface area contributed by atoms with Crippen LogP contribution in [0.3, 0.4) is 0 Å². The highest BCUT2D eigenvalue weighted by molar-refractivity contribution is 5.58. The van der Waals surface area contributed by atoms with E-state index in [0.29, 0.717) is 5.56 Å². The van der Waals surface area contributed by atoms with E-state index in [2.05, 4.69) is 17.9 Å². The van der Waals surface area contributed by atoms with Crippen LogP contribution in [-0.4, -0.2) is 18.2 Å². The molecule has 0 bridgehead atoms. The number of benzene rings is 1. The maximum absolute atomic E-state index is 9.84. The number of nitrogens with zero attached hydrogens (tertiary/aromatic N) is 2. The summed E-state index contributed by atoms with van der Waals surface area (Å²) in [5.74, 6) is 0.774. The summed E-state index contributed by atoms with van der Waals surface area (Å²) in [6.45, 7) is 6.07. The fourth-order valence-electron chi connectivity index (χ4n) is 2.49. The van der Waals surface area contributed by atoms with E-state index in [1.54, 1.807) is 13.0 Å². The molecular weight excluding hydrogens is 224 g/mol. The molecule has 1 aliphatic heterocycles. The van der Waals surface area contributed by atoms with Gasteiger partial charge >= 0.3 is 0 Å². The average Bonchev–Trinajstić information content (AvgIpc) is 2.38. The third-order valence-corrected chi connectivity index (χ3v) is 3.73. The highest BCUT2D eigenvalue weighted by Crippen LogP contribution is 2.30. The van der Waals surface area contributed by atoms with Crippen molar-refractivity contribution in [3.05, 3.63) is 29.3 Å². The Labute approximate surface area is 109 Å². The Morgan fingerprint density at radius 2 is 2.06 bits per heavy atom. The fourth-order valence-corrected chi connectivity index (χ4v) is 2.49. The molecule has 0 saturated carbocycles. The van der Waals surface area contributed by atoms with E-state index in [9.17, 15) is 5.11 Å². The molecule has 18 heavy (non-hydrogen) atoms. The summed E-state index contributed by atoms with van der Waals surface area (Å²) in [6.07, 6.45) is 1.86. The lowest BCUT2D eigenvalue weighted by Crippen LogP contribution is -2.33. The number of aliphatic hydroxyl groups excluding tert-OH is 1. The number of piperidine rings is 1. The Morgan fingerprint density at radius 1 is 1.39 bits per heavy atom. The molecule has 0 aliphatic carbocycles. The van der Waals surface area contributed by atoms with Crippen molar-refractivity contribution in [1.82, 2.24) is 0 Å². The molecule has 1 aromatic rings. The van der Waals surface area contributed by atoms with Crippen LogP contribution in [0.2, 0.25) is 0 Å². The van der Waals surface area contributed by atoms with Crippen LogP contribution in [0.4, 0.5) is 5.69 Å². The Hall–Kier alpha value is -1.53. The summed E-state index contributed by atoms with van der Waals surface area (Å²) in [7, 11) is 0. The largest absolute Gasteiger partial charge is 0.389 e. The summed E-state index contributed by atoms with van der Waals surface area (Å²) in [4.78, 5) is 2.29. The minimum atomic E-state index is -0.493. The van der Waals surface area contributed by atoms with E-state index in [-0.39, 0.29) is 0 Å². The summed E-state index contributed by atoms with van der Waals surface area (Å²) in [5, 5.41) is 18.8. The smallest absolute Gasteiger partial charge is 0.0992 e. The molecule has 1 aromatic carbocycles. The van der Waals surface area contributed by atoms with Crippen molar-refractivity contribution in [2.24, 2.45) is 5.92 Å². The first-order chi connectivity index (χ1) is 8.61. The predicted molar refractivity (Wildman–Crippen MR) is 72.4 cm³/mol. The molecule has 3 nitrogen and oxygen atoms in total. The van der Waals surface area contributed by atoms with Gasteiger partial charge in [0.2, 0.25) is 0 Å². The van der Waals surface area contributed by atoms with Crippen molar-refractivity contribution in [2.75, 3.05) is 18.0 Å². The van der Waals surface area contributed by atoms with Gasteiger partial charge in [-0.05, 0) is 37.8 Å². The fraction of sp³-hybridized carbons (Fsp3) is 0.533. The summed E-state index contributed by atoms with van der Waals surface area (Å²) in [6, 6.07) is 7.72. The van der Waals surface area contributed by atoms with E-state index in [0.717, 1.165) is 30.3 Å². The van der Waals surface area contributed by atoms with Crippen LogP contribution in [0.25, 0.3) is 0 Å². The van der Waals surface area contributed by atoms with Gasteiger partial charge in [0.1, 0.15) is 0 Å². The number of anilines is 1. The van der Waals surface area contributed by atoms with Crippen molar-refractivity contribution in [2.45, 2.75) is 32.8 Å². The van der Waals surface area contributed by atoms with Gasteiger partial charge in [0.05, 0.1) is 17.7 Å². The third-order valence-electron chi connectivity index (χ3n) is 3.73. The van der Waals surface area contributed by atoms with Gasteiger partial charge in [-0.2, -0.15) is 5.26 Å². The predicted octanol–water partition coefficient (Wildman–Crippen LogP) is 2.85. The zero-order valence-corrected chi connectivity index (χ0v) is 11.1. The van der Waals surface area contributed by atoms with Crippen LogP contribution in [0.5, 0.6) is 0 Å². The van der Waals surface area contributed by atoms with E-state index < -0.39 is 6.10 Å². The average molecular weight is 244 g/mol. The molecule has 1 unspecified atom stereocenters. The zero-order chi connectivity index (χ0) is 13.1. The summed E-state index contributed by atoms with van der Waals surface area (Å²) < 4.78 is 0. The number of hydrogen-bond donors (Lipinski definition) is 1.